The van der Waals surface area contributed by atoms with Crippen LogP contribution in [0.25, 0.3) is 0 Å². The first-order valence-corrected chi connectivity index (χ1v) is 7.99. The fraction of sp³-hybridized carbons (Fsp3) is 0.357. The van der Waals surface area contributed by atoms with Gasteiger partial charge in [0.2, 0.25) is 11.1 Å². The summed E-state index contributed by atoms with van der Waals surface area (Å²) in [5, 5.41) is 9.93. The third-order valence-electron chi connectivity index (χ3n) is 3.16. The molecule has 2 aromatic rings. The number of benzene rings is 1. The molecule has 1 heterocycles. The minimum atomic E-state index is -2.95. The van der Waals surface area contributed by atoms with Crippen LogP contribution in [0.1, 0.15) is 24.6 Å². The smallest absolute Gasteiger partial charge is 0.387 e. The van der Waals surface area contributed by atoms with E-state index in [1.54, 1.807) is 12.1 Å². The van der Waals surface area contributed by atoms with E-state index in [1.165, 1.54) is 23.9 Å². The number of rotatable bonds is 7. The number of nitrogens with zero attached hydrogens (tertiary/aromatic N) is 2. The lowest BCUT2D eigenvalue weighted by Crippen LogP contribution is -2.15. The molecule has 122 valence electrons. The van der Waals surface area contributed by atoms with Crippen molar-refractivity contribution in [2.75, 3.05) is 11.1 Å². The summed E-state index contributed by atoms with van der Waals surface area (Å²) in [6, 6.07) is 6.04. The van der Waals surface area contributed by atoms with E-state index in [9.17, 15) is 13.6 Å². The predicted octanol–water partition coefficient (Wildman–Crippen LogP) is 3.01. The van der Waals surface area contributed by atoms with Gasteiger partial charge in [0.25, 0.3) is 0 Å². The van der Waals surface area contributed by atoms with Crippen LogP contribution in [0.3, 0.4) is 0 Å². The summed E-state index contributed by atoms with van der Waals surface area (Å²) in [4.78, 5) is 16.2. The van der Waals surface area contributed by atoms with Crippen molar-refractivity contribution in [1.82, 2.24) is 15.2 Å². The molecule has 2 N–H and O–H groups in total. The summed E-state index contributed by atoms with van der Waals surface area (Å²) in [6.07, 6.45) is 2.22. The summed E-state index contributed by atoms with van der Waals surface area (Å²) in [5.41, 5.74) is 0.201. The van der Waals surface area contributed by atoms with Gasteiger partial charge in [-0.25, -0.2) is 4.98 Å². The highest BCUT2D eigenvalue weighted by Gasteiger charge is 2.27. The third kappa shape index (κ3) is 4.41. The van der Waals surface area contributed by atoms with Crippen molar-refractivity contribution in [2.45, 2.75) is 30.5 Å². The molecule has 0 unspecified atom stereocenters. The number of H-pyrrole nitrogens is 1. The SMILES string of the molecule is O=C(CSc1n[nH]c(C2CC2)n1)Nc1ccccc1OC(F)F. The molecule has 0 spiro atoms. The highest BCUT2D eigenvalue weighted by Crippen LogP contribution is 2.38. The maximum atomic E-state index is 12.3. The summed E-state index contributed by atoms with van der Waals surface area (Å²) >= 11 is 1.18. The van der Waals surface area contributed by atoms with Gasteiger partial charge < -0.3 is 10.1 Å². The van der Waals surface area contributed by atoms with Crippen molar-refractivity contribution >= 4 is 23.4 Å². The molecule has 1 aliphatic rings. The van der Waals surface area contributed by atoms with Crippen molar-refractivity contribution in [2.24, 2.45) is 0 Å². The molecule has 0 atom stereocenters. The molecule has 0 radical (unpaired) electrons. The van der Waals surface area contributed by atoms with Crippen molar-refractivity contribution in [3.05, 3.63) is 30.1 Å². The van der Waals surface area contributed by atoms with Crippen molar-refractivity contribution in [3.63, 3.8) is 0 Å². The second kappa shape index (κ2) is 6.95. The van der Waals surface area contributed by atoms with Gasteiger partial charge >= 0.3 is 6.61 Å². The number of aromatic nitrogens is 3. The van der Waals surface area contributed by atoms with Crippen LogP contribution in [-0.4, -0.2) is 33.5 Å². The molecule has 23 heavy (non-hydrogen) atoms. The second-order valence-electron chi connectivity index (χ2n) is 4.99. The maximum Gasteiger partial charge on any atom is 0.387 e. The lowest BCUT2D eigenvalue weighted by molar-refractivity contribution is -0.113. The summed E-state index contributed by atoms with van der Waals surface area (Å²) in [6.45, 7) is -2.95. The topological polar surface area (TPSA) is 79.9 Å². The van der Waals surface area contributed by atoms with Crippen molar-refractivity contribution in [3.8, 4) is 5.75 Å². The van der Waals surface area contributed by atoms with Gasteiger partial charge in [0.1, 0.15) is 11.6 Å². The molecular formula is C14H14F2N4O2S. The monoisotopic (exact) mass is 340 g/mol. The first-order chi connectivity index (χ1) is 11.1. The Hall–Kier alpha value is -2.16. The number of hydrogen-bond donors (Lipinski definition) is 2. The standard InChI is InChI=1S/C14H14F2N4O2S/c15-13(16)22-10-4-2-1-3-9(10)17-11(21)7-23-14-18-12(19-20-14)8-5-6-8/h1-4,8,13H,5-7H2,(H,17,21)(H,18,19,20). The van der Waals surface area contributed by atoms with E-state index in [0.717, 1.165) is 18.7 Å². The highest BCUT2D eigenvalue weighted by atomic mass is 32.2. The number of halogens is 2. The number of para-hydroxylation sites is 2. The lowest BCUT2D eigenvalue weighted by atomic mass is 10.3. The number of thioether (sulfide) groups is 1. The lowest BCUT2D eigenvalue weighted by Gasteiger charge is -2.11. The third-order valence-corrected chi connectivity index (χ3v) is 4.00. The molecule has 3 rings (SSSR count). The van der Waals surface area contributed by atoms with Gasteiger partial charge in [-0.1, -0.05) is 23.9 Å². The first-order valence-electron chi connectivity index (χ1n) is 7.00. The molecule has 1 amide bonds. The molecule has 1 aliphatic carbocycles. The Balaban J connectivity index is 1.54. The minimum Gasteiger partial charge on any atom is -0.433 e. The van der Waals surface area contributed by atoms with Crippen LogP contribution in [0.4, 0.5) is 14.5 Å². The number of anilines is 1. The average molecular weight is 340 g/mol. The van der Waals surface area contributed by atoms with Crippen LogP contribution >= 0.6 is 11.8 Å². The molecule has 6 nitrogen and oxygen atoms in total. The van der Waals surface area contributed by atoms with Gasteiger partial charge in [-0.15, -0.1) is 5.10 Å². The van der Waals surface area contributed by atoms with Gasteiger partial charge in [0, 0.05) is 5.92 Å². The normalized spacial score (nSPS) is 14.0. The number of ether oxygens (including phenoxy) is 1. The van der Waals surface area contributed by atoms with Gasteiger partial charge in [-0.3, -0.25) is 9.89 Å². The first kappa shape index (κ1) is 15.7. The van der Waals surface area contributed by atoms with Gasteiger partial charge in [0.05, 0.1) is 11.4 Å². The number of hydrogen-bond acceptors (Lipinski definition) is 5. The summed E-state index contributed by atoms with van der Waals surface area (Å²) in [7, 11) is 0. The van der Waals surface area contributed by atoms with Crippen LogP contribution in [-0.2, 0) is 4.79 Å². The number of alkyl halides is 2. The van der Waals surface area contributed by atoms with E-state index in [4.69, 9.17) is 0 Å². The Morgan fingerprint density at radius 1 is 1.43 bits per heavy atom. The Labute approximate surface area is 135 Å². The average Bonchev–Trinajstić information content (AvgIpc) is 3.26. The number of aromatic amines is 1. The Morgan fingerprint density at radius 2 is 2.22 bits per heavy atom. The minimum absolute atomic E-state index is 0.0743. The zero-order valence-corrected chi connectivity index (χ0v) is 12.8. The molecule has 0 bridgehead atoms. The van der Waals surface area contributed by atoms with Gasteiger partial charge in [-0.05, 0) is 25.0 Å². The van der Waals surface area contributed by atoms with Gasteiger partial charge in [0.15, 0.2) is 0 Å². The van der Waals surface area contributed by atoms with Crippen molar-refractivity contribution in [1.29, 1.82) is 0 Å². The van der Waals surface area contributed by atoms with E-state index < -0.39 is 6.61 Å². The van der Waals surface area contributed by atoms with E-state index in [-0.39, 0.29) is 23.1 Å². The second-order valence-corrected chi connectivity index (χ2v) is 5.93. The van der Waals surface area contributed by atoms with E-state index in [2.05, 4.69) is 25.2 Å². The molecule has 1 saturated carbocycles. The summed E-state index contributed by atoms with van der Waals surface area (Å²) in [5.74, 6) is 0.964. The molecule has 0 aliphatic heterocycles. The van der Waals surface area contributed by atoms with Crippen LogP contribution in [0.5, 0.6) is 5.75 Å². The van der Waals surface area contributed by atoms with E-state index in [1.807, 2.05) is 0 Å². The largest absolute Gasteiger partial charge is 0.433 e. The molecule has 0 saturated heterocycles. The van der Waals surface area contributed by atoms with Crippen LogP contribution < -0.4 is 10.1 Å². The van der Waals surface area contributed by atoms with E-state index in [0.29, 0.717) is 11.1 Å². The fourth-order valence-electron chi connectivity index (χ4n) is 1.95. The van der Waals surface area contributed by atoms with Gasteiger partial charge in [-0.2, -0.15) is 8.78 Å². The number of amides is 1. The van der Waals surface area contributed by atoms with Crippen LogP contribution in [0, 0.1) is 0 Å². The zero-order chi connectivity index (χ0) is 16.2. The molecule has 1 aromatic carbocycles. The number of carbonyl (C=O) groups excluding carboxylic acids is 1. The molecule has 9 heteroatoms. The Morgan fingerprint density at radius 3 is 2.96 bits per heavy atom. The molecular weight excluding hydrogens is 326 g/mol. The highest BCUT2D eigenvalue weighted by molar-refractivity contribution is 7.99. The van der Waals surface area contributed by atoms with Crippen LogP contribution in [0.2, 0.25) is 0 Å². The summed E-state index contributed by atoms with van der Waals surface area (Å²) < 4.78 is 29.0. The zero-order valence-electron chi connectivity index (χ0n) is 12.0. The number of nitrogens with one attached hydrogen (secondary N) is 2. The number of carbonyl (C=O) groups is 1. The fourth-order valence-corrected chi connectivity index (χ4v) is 2.55. The van der Waals surface area contributed by atoms with Crippen molar-refractivity contribution < 1.29 is 18.3 Å². The molecule has 1 fully saturated rings. The Kier molecular flexibility index (Phi) is 4.75. The van der Waals surface area contributed by atoms with E-state index >= 15 is 0 Å². The Bertz CT molecular complexity index is 691. The van der Waals surface area contributed by atoms with Crippen LogP contribution in [0.15, 0.2) is 29.4 Å². The molecule has 1 aromatic heterocycles. The quantitative estimate of drug-likeness (QED) is 0.758. The predicted molar refractivity (Wildman–Crippen MR) is 80.8 cm³/mol. The maximum absolute atomic E-state index is 12.3.